The maximum Gasteiger partial charge on any atom is 0.229 e. The highest BCUT2D eigenvalue weighted by atomic mass is 79.9. The Morgan fingerprint density at radius 2 is 2.31 bits per heavy atom. The number of nitrogens with two attached hydrogens (primary N) is 2. The summed E-state index contributed by atoms with van der Waals surface area (Å²) in [4.78, 5) is 17.4. The van der Waals surface area contributed by atoms with Crippen molar-refractivity contribution < 1.29 is 4.79 Å². The molecule has 16 heavy (non-hydrogen) atoms. The van der Waals surface area contributed by atoms with Gasteiger partial charge in [0.2, 0.25) is 5.91 Å². The molecule has 4 N–H and O–H groups in total. The first kappa shape index (κ1) is 11.3. The van der Waals surface area contributed by atoms with Crippen LogP contribution in [0.2, 0.25) is 0 Å². The van der Waals surface area contributed by atoms with Gasteiger partial charge in [-0.1, -0.05) is 0 Å². The first-order valence-corrected chi connectivity index (χ1v) is 5.76. The predicted octanol–water partition coefficient (Wildman–Crippen LogP) is 0.799. The van der Waals surface area contributed by atoms with Crippen LogP contribution < -0.4 is 16.4 Å². The van der Waals surface area contributed by atoms with Crippen LogP contribution in [0.1, 0.15) is 12.0 Å². The average molecular weight is 285 g/mol. The Balaban J connectivity index is 2.42. The number of nitrogens with zero attached hydrogens (tertiary/aromatic N) is 2. The maximum absolute atomic E-state index is 11.7. The first-order chi connectivity index (χ1) is 7.50. The molecule has 0 aromatic carbocycles. The van der Waals surface area contributed by atoms with E-state index in [9.17, 15) is 4.79 Å². The Morgan fingerprint density at radius 1 is 1.62 bits per heavy atom. The largest absolute Gasteiger partial charge is 0.395 e. The number of aromatic nitrogens is 1. The smallest absolute Gasteiger partial charge is 0.229 e. The number of pyridine rings is 1. The summed E-state index contributed by atoms with van der Waals surface area (Å²) in [6.45, 7) is 2.36. The molecule has 1 aromatic heterocycles. The molecule has 0 spiro atoms. The van der Waals surface area contributed by atoms with E-state index in [4.69, 9.17) is 11.5 Å². The zero-order chi connectivity index (χ0) is 11.9. The molecular formula is C10H13BrN4O. The standard InChI is InChI=1S/C10H13BrN4O/c1-5-7(11)3-14-10(9(5)13)15-4-6(12)2-8(15)16/h3,6H,2,4,12-13H2,1H3. The highest BCUT2D eigenvalue weighted by molar-refractivity contribution is 9.10. The Bertz CT molecular complexity index is 449. The van der Waals surface area contributed by atoms with Gasteiger partial charge in [0.1, 0.15) is 0 Å². The van der Waals surface area contributed by atoms with Crippen molar-refractivity contribution >= 4 is 33.3 Å². The van der Waals surface area contributed by atoms with Gasteiger partial charge in [-0.15, -0.1) is 0 Å². The monoisotopic (exact) mass is 284 g/mol. The lowest BCUT2D eigenvalue weighted by Crippen LogP contribution is -2.29. The van der Waals surface area contributed by atoms with E-state index in [-0.39, 0.29) is 11.9 Å². The minimum Gasteiger partial charge on any atom is -0.395 e. The van der Waals surface area contributed by atoms with Crippen molar-refractivity contribution in [2.24, 2.45) is 5.73 Å². The molecule has 1 aromatic rings. The average Bonchev–Trinajstić information content (AvgIpc) is 2.55. The van der Waals surface area contributed by atoms with Gasteiger partial charge in [0.15, 0.2) is 5.82 Å². The summed E-state index contributed by atoms with van der Waals surface area (Å²) in [5.74, 6) is 0.493. The van der Waals surface area contributed by atoms with Crippen LogP contribution in [0.25, 0.3) is 0 Å². The van der Waals surface area contributed by atoms with Gasteiger partial charge in [-0.25, -0.2) is 4.98 Å². The van der Waals surface area contributed by atoms with Crippen LogP contribution in [0.3, 0.4) is 0 Å². The van der Waals surface area contributed by atoms with Gasteiger partial charge in [0.05, 0.1) is 5.69 Å². The maximum atomic E-state index is 11.7. The summed E-state index contributed by atoms with van der Waals surface area (Å²) >= 11 is 3.35. The number of hydrogen-bond acceptors (Lipinski definition) is 4. The second kappa shape index (κ2) is 4.03. The van der Waals surface area contributed by atoms with Crippen LogP contribution in [0.4, 0.5) is 11.5 Å². The lowest BCUT2D eigenvalue weighted by Gasteiger charge is -2.18. The Hall–Kier alpha value is -1.14. The molecule has 0 bridgehead atoms. The van der Waals surface area contributed by atoms with Crippen molar-refractivity contribution in [1.82, 2.24) is 4.98 Å². The first-order valence-electron chi connectivity index (χ1n) is 4.97. The second-order valence-electron chi connectivity index (χ2n) is 3.94. The van der Waals surface area contributed by atoms with Crippen LogP contribution in [0, 0.1) is 6.92 Å². The van der Waals surface area contributed by atoms with Crippen LogP contribution in [-0.4, -0.2) is 23.5 Å². The number of rotatable bonds is 1. The van der Waals surface area contributed by atoms with Crippen molar-refractivity contribution in [3.8, 4) is 0 Å². The van der Waals surface area contributed by atoms with Crippen LogP contribution in [0.5, 0.6) is 0 Å². The van der Waals surface area contributed by atoms with Gasteiger partial charge in [0, 0.05) is 29.7 Å². The fourth-order valence-corrected chi connectivity index (χ4v) is 2.05. The highest BCUT2D eigenvalue weighted by Crippen LogP contribution is 2.31. The van der Waals surface area contributed by atoms with E-state index in [2.05, 4.69) is 20.9 Å². The van der Waals surface area contributed by atoms with Crippen molar-refractivity contribution in [2.75, 3.05) is 17.2 Å². The SMILES string of the molecule is Cc1c(Br)cnc(N2CC(N)CC2=O)c1N. The molecule has 1 aliphatic rings. The molecule has 0 radical (unpaired) electrons. The predicted molar refractivity (Wildman–Crippen MR) is 66.0 cm³/mol. The topological polar surface area (TPSA) is 85.2 Å². The van der Waals surface area contributed by atoms with Crippen molar-refractivity contribution in [1.29, 1.82) is 0 Å². The quantitative estimate of drug-likeness (QED) is 0.799. The van der Waals surface area contributed by atoms with E-state index in [1.807, 2.05) is 6.92 Å². The number of amides is 1. The number of nitrogen functional groups attached to an aromatic ring is 1. The molecule has 1 saturated heterocycles. The molecule has 2 rings (SSSR count). The van der Waals surface area contributed by atoms with Crippen LogP contribution >= 0.6 is 15.9 Å². The molecule has 0 saturated carbocycles. The molecule has 1 atom stereocenters. The zero-order valence-corrected chi connectivity index (χ0v) is 10.5. The van der Waals surface area contributed by atoms with Gasteiger partial charge in [0.25, 0.3) is 0 Å². The van der Waals surface area contributed by atoms with Gasteiger partial charge in [-0.05, 0) is 28.4 Å². The molecule has 1 aliphatic heterocycles. The third-order valence-corrected chi connectivity index (χ3v) is 3.51. The fourth-order valence-electron chi connectivity index (χ4n) is 1.74. The normalized spacial score (nSPS) is 20.6. The molecule has 6 heteroatoms. The molecular weight excluding hydrogens is 272 g/mol. The number of hydrogen-bond donors (Lipinski definition) is 2. The van der Waals surface area contributed by atoms with Gasteiger partial charge in [-0.3, -0.25) is 9.69 Å². The van der Waals surface area contributed by atoms with E-state index in [1.54, 1.807) is 11.1 Å². The van der Waals surface area contributed by atoms with E-state index in [1.165, 1.54) is 0 Å². The molecule has 0 aliphatic carbocycles. The van der Waals surface area contributed by atoms with E-state index in [0.717, 1.165) is 10.0 Å². The van der Waals surface area contributed by atoms with E-state index in [0.29, 0.717) is 24.5 Å². The summed E-state index contributed by atoms with van der Waals surface area (Å²) in [5.41, 5.74) is 13.1. The Morgan fingerprint density at radius 3 is 2.88 bits per heavy atom. The molecule has 1 amide bonds. The zero-order valence-electron chi connectivity index (χ0n) is 8.90. The third kappa shape index (κ3) is 1.78. The lowest BCUT2D eigenvalue weighted by atomic mass is 10.2. The number of anilines is 2. The van der Waals surface area contributed by atoms with E-state index < -0.39 is 0 Å². The summed E-state index contributed by atoms with van der Waals surface area (Å²) in [7, 11) is 0. The molecule has 86 valence electrons. The minimum absolute atomic E-state index is 0.0200. The summed E-state index contributed by atoms with van der Waals surface area (Å²) in [5, 5.41) is 0. The third-order valence-electron chi connectivity index (χ3n) is 2.71. The molecule has 2 heterocycles. The van der Waals surface area contributed by atoms with Gasteiger partial charge >= 0.3 is 0 Å². The van der Waals surface area contributed by atoms with Crippen molar-refractivity contribution in [3.63, 3.8) is 0 Å². The molecule has 1 unspecified atom stereocenters. The van der Waals surface area contributed by atoms with Gasteiger partial charge < -0.3 is 11.5 Å². The second-order valence-corrected chi connectivity index (χ2v) is 4.79. The Labute approximate surface area is 102 Å². The van der Waals surface area contributed by atoms with Gasteiger partial charge in [-0.2, -0.15) is 0 Å². The Kier molecular flexibility index (Phi) is 2.86. The summed E-state index contributed by atoms with van der Waals surface area (Å²) in [6, 6.07) is -0.127. The summed E-state index contributed by atoms with van der Waals surface area (Å²) < 4.78 is 0.838. The summed E-state index contributed by atoms with van der Waals surface area (Å²) in [6.07, 6.45) is 2.01. The van der Waals surface area contributed by atoms with Crippen LogP contribution in [0.15, 0.2) is 10.7 Å². The van der Waals surface area contributed by atoms with E-state index >= 15 is 0 Å². The molecule has 5 nitrogen and oxygen atoms in total. The van der Waals surface area contributed by atoms with Crippen LogP contribution in [-0.2, 0) is 4.79 Å². The number of carbonyl (C=O) groups is 1. The van der Waals surface area contributed by atoms with Crippen molar-refractivity contribution in [2.45, 2.75) is 19.4 Å². The number of halogens is 1. The van der Waals surface area contributed by atoms with Crippen molar-refractivity contribution in [3.05, 3.63) is 16.2 Å². The highest BCUT2D eigenvalue weighted by Gasteiger charge is 2.30. The number of carbonyl (C=O) groups excluding carboxylic acids is 1. The minimum atomic E-state index is -0.127. The fraction of sp³-hybridized carbons (Fsp3) is 0.400. The molecule has 1 fully saturated rings. The lowest BCUT2D eigenvalue weighted by molar-refractivity contribution is -0.117.